The first-order chi connectivity index (χ1) is 6.91. The van der Waals surface area contributed by atoms with E-state index in [1.165, 1.54) is 10.8 Å². The maximum Gasteiger partial charge on any atom is 0.275 e. The predicted molar refractivity (Wildman–Crippen MR) is 55.8 cm³/mol. The van der Waals surface area contributed by atoms with E-state index in [2.05, 4.69) is 10.1 Å². The molecule has 2 aromatic heterocycles. The molecule has 0 saturated heterocycles. The highest BCUT2D eigenvalue weighted by Crippen LogP contribution is 2.25. The first-order valence-electron chi connectivity index (χ1n) is 4.70. The van der Waals surface area contributed by atoms with Crippen LogP contribution in [0.4, 0.5) is 0 Å². The second kappa shape index (κ2) is 2.93. The molecule has 0 amide bonds. The van der Waals surface area contributed by atoms with Crippen LogP contribution < -0.4 is 5.56 Å². The summed E-state index contributed by atoms with van der Waals surface area (Å²) >= 11 is 0. The number of aliphatic hydroxyl groups is 1. The molecule has 0 atom stereocenters. The van der Waals surface area contributed by atoms with E-state index in [0.717, 1.165) is 5.56 Å². The van der Waals surface area contributed by atoms with Gasteiger partial charge in [-0.3, -0.25) is 4.79 Å². The number of aromatic amines is 1. The number of aryl methyl sites for hydroxylation is 1. The maximum absolute atomic E-state index is 11.5. The Kier molecular flexibility index (Phi) is 1.94. The lowest BCUT2D eigenvalue weighted by molar-refractivity contribution is 0.0780. The fraction of sp³-hybridized carbons (Fsp3) is 0.400. The molecule has 2 N–H and O–H groups in total. The van der Waals surface area contributed by atoms with Gasteiger partial charge in [-0.25, -0.2) is 4.52 Å². The minimum atomic E-state index is -0.968. The molecule has 2 heterocycles. The van der Waals surface area contributed by atoms with E-state index in [-0.39, 0.29) is 5.56 Å². The van der Waals surface area contributed by atoms with Crippen LogP contribution in [0.2, 0.25) is 0 Å². The molecule has 80 valence electrons. The minimum absolute atomic E-state index is 0.196. The Labute approximate surface area is 86.4 Å². The van der Waals surface area contributed by atoms with Crippen molar-refractivity contribution >= 4 is 5.52 Å². The summed E-state index contributed by atoms with van der Waals surface area (Å²) in [5.41, 5.74) is 0.792. The van der Waals surface area contributed by atoms with Crippen LogP contribution in [0, 0.1) is 6.92 Å². The number of nitrogens with zero attached hydrogens (tertiary/aromatic N) is 2. The van der Waals surface area contributed by atoms with Crippen LogP contribution in [-0.2, 0) is 5.60 Å². The summed E-state index contributed by atoms with van der Waals surface area (Å²) in [5.74, 6) is 0. The summed E-state index contributed by atoms with van der Waals surface area (Å²) in [6, 6.07) is 0. The van der Waals surface area contributed by atoms with Crippen LogP contribution >= 0.6 is 0 Å². The second-order valence-electron chi connectivity index (χ2n) is 4.14. The smallest absolute Gasteiger partial charge is 0.275 e. The Bertz CT molecular complexity index is 560. The molecule has 0 aliphatic rings. The molecular weight excluding hydrogens is 196 g/mol. The van der Waals surface area contributed by atoms with Gasteiger partial charge in [0.05, 0.1) is 5.60 Å². The Morgan fingerprint density at radius 2 is 2.27 bits per heavy atom. The van der Waals surface area contributed by atoms with E-state index in [1.54, 1.807) is 27.0 Å². The Morgan fingerprint density at radius 3 is 2.80 bits per heavy atom. The predicted octanol–water partition coefficient (Wildman–Crippen LogP) is 0.558. The van der Waals surface area contributed by atoms with Gasteiger partial charge in [-0.1, -0.05) is 0 Å². The molecule has 0 fully saturated rings. The molecule has 15 heavy (non-hydrogen) atoms. The van der Waals surface area contributed by atoms with Crippen molar-refractivity contribution in [1.29, 1.82) is 0 Å². The van der Waals surface area contributed by atoms with Gasteiger partial charge in [0.15, 0.2) is 0 Å². The van der Waals surface area contributed by atoms with Crippen molar-refractivity contribution in [2.24, 2.45) is 0 Å². The van der Waals surface area contributed by atoms with Gasteiger partial charge >= 0.3 is 0 Å². The van der Waals surface area contributed by atoms with E-state index in [0.29, 0.717) is 11.1 Å². The largest absolute Gasteiger partial charge is 0.386 e. The van der Waals surface area contributed by atoms with Crippen LogP contribution in [-0.4, -0.2) is 19.7 Å². The number of H-pyrrole nitrogens is 1. The number of aromatic nitrogens is 3. The van der Waals surface area contributed by atoms with Crippen molar-refractivity contribution in [3.05, 3.63) is 34.0 Å². The van der Waals surface area contributed by atoms with Gasteiger partial charge in [-0.2, -0.15) is 5.10 Å². The molecule has 0 spiro atoms. The third kappa shape index (κ3) is 1.45. The quantitative estimate of drug-likeness (QED) is 0.720. The molecular formula is C10H13N3O2. The monoisotopic (exact) mass is 209 g/mol. The molecule has 5 heteroatoms. The topological polar surface area (TPSA) is 70.4 Å². The van der Waals surface area contributed by atoms with Gasteiger partial charge in [0.2, 0.25) is 0 Å². The van der Waals surface area contributed by atoms with Crippen LogP contribution in [0.25, 0.3) is 5.52 Å². The van der Waals surface area contributed by atoms with E-state index >= 15 is 0 Å². The van der Waals surface area contributed by atoms with Crippen LogP contribution in [0.5, 0.6) is 0 Å². The fourth-order valence-corrected chi connectivity index (χ4v) is 1.78. The van der Waals surface area contributed by atoms with Gasteiger partial charge in [0.25, 0.3) is 5.56 Å². The molecule has 0 aromatic carbocycles. The Balaban J connectivity index is 2.88. The van der Waals surface area contributed by atoms with Gasteiger partial charge in [-0.15, -0.1) is 0 Å². The first kappa shape index (κ1) is 9.92. The Morgan fingerprint density at radius 1 is 1.60 bits per heavy atom. The standard InChI is InChI=1S/C10H13N3O2/c1-6-7(10(2,3)15)4-13-8(6)9(14)11-5-12-13/h4-5,15H,1-3H3,(H,11,12,14)/i5+2. The number of rotatable bonds is 1. The molecule has 0 saturated carbocycles. The SMILES string of the molecule is Cc1c(C(C)(C)O)cn2n[14cH][nH]c(=O)c12. The highest BCUT2D eigenvalue weighted by Gasteiger charge is 2.22. The van der Waals surface area contributed by atoms with Crippen molar-refractivity contribution in [3.63, 3.8) is 0 Å². The molecule has 0 aliphatic heterocycles. The lowest BCUT2D eigenvalue weighted by atomic mass is 9.98. The van der Waals surface area contributed by atoms with Gasteiger partial charge in [0.1, 0.15) is 11.8 Å². The fourth-order valence-electron chi connectivity index (χ4n) is 1.78. The number of fused-ring (bicyclic) bond motifs is 1. The van der Waals surface area contributed by atoms with Crippen LogP contribution in [0.15, 0.2) is 17.3 Å². The highest BCUT2D eigenvalue weighted by molar-refractivity contribution is 5.57. The number of hydrogen-bond donors (Lipinski definition) is 2. The molecule has 5 nitrogen and oxygen atoms in total. The second-order valence-corrected chi connectivity index (χ2v) is 4.14. The maximum atomic E-state index is 11.5. The molecule has 0 aliphatic carbocycles. The molecule has 2 aromatic rings. The molecule has 2 rings (SSSR count). The van der Waals surface area contributed by atoms with Crippen LogP contribution in [0.3, 0.4) is 0 Å². The van der Waals surface area contributed by atoms with Crippen molar-refractivity contribution < 1.29 is 5.11 Å². The van der Waals surface area contributed by atoms with E-state index in [9.17, 15) is 9.90 Å². The van der Waals surface area contributed by atoms with Crippen molar-refractivity contribution in [1.82, 2.24) is 14.6 Å². The summed E-state index contributed by atoms with van der Waals surface area (Å²) in [4.78, 5) is 14.1. The number of hydrogen-bond acceptors (Lipinski definition) is 3. The summed E-state index contributed by atoms with van der Waals surface area (Å²) in [7, 11) is 0. The zero-order valence-electron chi connectivity index (χ0n) is 8.90. The summed E-state index contributed by atoms with van der Waals surface area (Å²) in [6.45, 7) is 5.17. The molecule has 0 radical (unpaired) electrons. The van der Waals surface area contributed by atoms with Crippen molar-refractivity contribution in [2.75, 3.05) is 0 Å². The normalized spacial score (nSPS) is 12.3. The third-order valence-corrected chi connectivity index (χ3v) is 2.49. The highest BCUT2D eigenvalue weighted by atomic mass is 16.3. The average Bonchev–Trinajstić information content (AvgIpc) is 2.44. The lowest BCUT2D eigenvalue weighted by Crippen LogP contribution is -2.16. The number of nitrogens with one attached hydrogen (secondary N) is 1. The van der Waals surface area contributed by atoms with Crippen LogP contribution in [0.1, 0.15) is 25.0 Å². The molecule has 0 unspecified atom stereocenters. The first-order valence-corrected chi connectivity index (χ1v) is 4.70. The summed E-state index contributed by atoms with van der Waals surface area (Å²) in [6.07, 6.45) is 3.02. The van der Waals surface area contributed by atoms with Gasteiger partial charge in [-0.05, 0) is 26.3 Å². The van der Waals surface area contributed by atoms with Gasteiger partial charge in [0, 0.05) is 11.8 Å². The summed E-state index contributed by atoms with van der Waals surface area (Å²) < 4.78 is 1.49. The Hall–Kier alpha value is -1.62. The van der Waals surface area contributed by atoms with E-state index in [1.807, 2.05) is 0 Å². The third-order valence-electron chi connectivity index (χ3n) is 2.49. The van der Waals surface area contributed by atoms with E-state index < -0.39 is 5.60 Å². The molecule has 0 bridgehead atoms. The minimum Gasteiger partial charge on any atom is -0.386 e. The lowest BCUT2D eigenvalue weighted by Gasteiger charge is -2.16. The van der Waals surface area contributed by atoms with Crippen molar-refractivity contribution in [3.8, 4) is 0 Å². The average molecular weight is 209 g/mol. The summed E-state index contributed by atoms with van der Waals surface area (Å²) in [5, 5.41) is 13.9. The van der Waals surface area contributed by atoms with Gasteiger partial charge < -0.3 is 10.1 Å². The zero-order chi connectivity index (χ0) is 11.2. The van der Waals surface area contributed by atoms with E-state index in [4.69, 9.17) is 0 Å². The zero-order valence-corrected chi connectivity index (χ0v) is 8.90. The van der Waals surface area contributed by atoms with Crippen molar-refractivity contribution in [2.45, 2.75) is 26.4 Å².